The average molecular weight is 222 g/mol. The van der Waals surface area contributed by atoms with Gasteiger partial charge in [-0.15, -0.1) is 24.0 Å². The lowest BCUT2D eigenvalue weighted by atomic mass is 10.1. The van der Waals surface area contributed by atoms with Crippen molar-refractivity contribution in [3.8, 4) is 0 Å². The zero-order chi connectivity index (χ0) is 10.1. The van der Waals surface area contributed by atoms with Gasteiger partial charge in [0, 0.05) is 9.60 Å². The van der Waals surface area contributed by atoms with Crippen LogP contribution >= 0.6 is 24.0 Å². The van der Waals surface area contributed by atoms with E-state index in [1.54, 1.807) is 11.3 Å². The summed E-state index contributed by atoms with van der Waals surface area (Å²) in [6.07, 6.45) is 1.85. The maximum Gasteiger partial charge on any atom is 0.160 e. The third-order valence-electron chi connectivity index (χ3n) is 2.27. The minimum Gasteiger partial charge on any atom is -0.297 e. The van der Waals surface area contributed by atoms with Crippen LogP contribution in [-0.2, 0) is 6.42 Å². The summed E-state index contributed by atoms with van der Waals surface area (Å²) in [7, 11) is 0. The molecule has 0 saturated carbocycles. The van der Waals surface area contributed by atoms with Crippen molar-refractivity contribution < 1.29 is 4.79 Å². The number of fused-ring (bicyclic) bond motifs is 1. The Bertz CT molecular complexity index is 485. The number of aldehydes is 1. The van der Waals surface area contributed by atoms with Crippen LogP contribution in [-0.4, -0.2) is 6.29 Å². The topological polar surface area (TPSA) is 17.1 Å². The molecule has 1 heterocycles. The minimum atomic E-state index is 0.849. The molecule has 0 spiro atoms. The van der Waals surface area contributed by atoms with Crippen molar-refractivity contribution in [2.75, 3.05) is 0 Å². The standard InChI is InChI=1S/C11H10OS2/c1-2-8-9-4-3-7(13)5-10(9)14-11(8)6-12/h3-6,13H,2H2,1H3. The van der Waals surface area contributed by atoms with Crippen molar-refractivity contribution >= 4 is 40.3 Å². The second-order valence-electron chi connectivity index (χ2n) is 3.10. The number of benzene rings is 1. The van der Waals surface area contributed by atoms with Gasteiger partial charge in [-0.1, -0.05) is 13.0 Å². The third kappa shape index (κ3) is 1.47. The highest BCUT2D eigenvalue weighted by molar-refractivity contribution is 7.80. The van der Waals surface area contributed by atoms with Crippen molar-refractivity contribution in [3.63, 3.8) is 0 Å². The molecule has 2 rings (SSSR count). The first-order valence-corrected chi connectivity index (χ1v) is 5.72. The Labute approximate surface area is 92.2 Å². The molecule has 3 heteroatoms. The molecule has 1 nitrogen and oxygen atoms in total. The van der Waals surface area contributed by atoms with Crippen molar-refractivity contribution in [1.29, 1.82) is 0 Å². The molecular weight excluding hydrogens is 212 g/mol. The summed E-state index contributed by atoms with van der Waals surface area (Å²) >= 11 is 5.83. The molecule has 1 aromatic carbocycles. The second-order valence-corrected chi connectivity index (χ2v) is 4.70. The highest BCUT2D eigenvalue weighted by Gasteiger charge is 2.09. The van der Waals surface area contributed by atoms with Crippen molar-refractivity contribution in [2.24, 2.45) is 0 Å². The lowest BCUT2D eigenvalue weighted by Crippen LogP contribution is -1.82. The Morgan fingerprint density at radius 1 is 1.50 bits per heavy atom. The molecule has 14 heavy (non-hydrogen) atoms. The quantitative estimate of drug-likeness (QED) is 0.607. The second kappa shape index (κ2) is 3.75. The van der Waals surface area contributed by atoms with Crippen LogP contribution in [0.25, 0.3) is 10.1 Å². The first-order valence-electron chi connectivity index (χ1n) is 4.45. The molecule has 0 fully saturated rings. The van der Waals surface area contributed by atoms with Crippen molar-refractivity contribution in [1.82, 2.24) is 0 Å². The Morgan fingerprint density at radius 2 is 2.29 bits per heavy atom. The Kier molecular flexibility index (Phi) is 2.61. The fraction of sp³-hybridized carbons (Fsp3) is 0.182. The molecule has 0 aliphatic heterocycles. The number of aryl methyl sites for hydroxylation is 1. The van der Waals surface area contributed by atoms with Crippen LogP contribution in [0.4, 0.5) is 0 Å². The molecule has 72 valence electrons. The SMILES string of the molecule is CCc1c(C=O)sc2cc(S)ccc12. The van der Waals surface area contributed by atoms with Crippen LogP contribution < -0.4 is 0 Å². The smallest absolute Gasteiger partial charge is 0.160 e. The Morgan fingerprint density at radius 3 is 2.93 bits per heavy atom. The van der Waals surface area contributed by atoms with Crippen molar-refractivity contribution in [3.05, 3.63) is 28.6 Å². The van der Waals surface area contributed by atoms with Gasteiger partial charge in [-0.2, -0.15) is 0 Å². The number of thiol groups is 1. The largest absolute Gasteiger partial charge is 0.297 e. The summed E-state index contributed by atoms with van der Waals surface area (Å²) < 4.78 is 1.15. The van der Waals surface area contributed by atoms with E-state index in [1.807, 2.05) is 18.2 Å². The van der Waals surface area contributed by atoms with E-state index in [0.717, 1.165) is 32.7 Å². The third-order valence-corrected chi connectivity index (χ3v) is 3.67. The van der Waals surface area contributed by atoms with Crippen LogP contribution in [0.3, 0.4) is 0 Å². The minimum absolute atomic E-state index is 0.849. The Hall–Kier alpha value is -0.800. The molecule has 1 aromatic heterocycles. The lowest BCUT2D eigenvalue weighted by molar-refractivity contribution is 0.112. The van der Waals surface area contributed by atoms with E-state index >= 15 is 0 Å². The van der Waals surface area contributed by atoms with Gasteiger partial charge in [-0.3, -0.25) is 4.79 Å². The average Bonchev–Trinajstić information content (AvgIpc) is 2.54. The maximum atomic E-state index is 10.8. The number of hydrogen-bond acceptors (Lipinski definition) is 3. The summed E-state index contributed by atoms with van der Waals surface area (Å²) in [5.74, 6) is 0. The zero-order valence-electron chi connectivity index (χ0n) is 7.78. The predicted molar refractivity (Wildman–Crippen MR) is 63.8 cm³/mol. The van der Waals surface area contributed by atoms with E-state index in [-0.39, 0.29) is 0 Å². The molecule has 0 aliphatic rings. The van der Waals surface area contributed by atoms with Gasteiger partial charge in [0.2, 0.25) is 0 Å². The van der Waals surface area contributed by atoms with E-state index in [9.17, 15) is 4.79 Å². The molecule has 0 aliphatic carbocycles. The fourth-order valence-corrected chi connectivity index (χ4v) is 3.06. The Balaban J connectivity index is 2.79. The van der Waals surface area contributed by atoms with Crippen LogP contribution in [0, 0.1) is 0 Å². The monoisotopic (exact) mass is 222 g/mol. The number of carbonyl (C=O) groups excluding carboxylic acids is 1. The molecule has 0 saturated heterocycles. The molecule has 2 aromatic rings. The van der Waals surface area contributed by atoms with Gasteiger partial charge in [-0.25, -0.2) is 0 Å². The summed E-state index contributed by atoms with van der Waals surface area (Å²) in [5.41, 5.74) is 1.16. The number of hydrogen-bond donors (Lipinski definition) is 1. The zero-order valence-corrected chi connectivity index (χ0v) is 9.49. The molecule has 0 atom stereocenters. The summed E-state index contributed by atoms with van der Waals surface area (Å²) in [6, 6.07) is 6.02. The van der Waals surface area contributed by atoms with Gasteiger partial charge in [0.1, 0.15) is 0 Å². The molecule has 0 radical (unpaired) electrons. The predicted octanol–water partition coefficient (Wildman–Crippen LogP) is 3.56. The van der Waals surface area contributed by atoms with E-state index in [1.165, 1.54) is 5.39 Å². The van der Waals surface area contributed by atoms with Crippen LogP contribution in [0.15, 0.2) is 23.1 Å². The maximum absolute atomic E-state index is 10.8. The number of carbonyl (C=O) groups is 1. The van der Waals surface area contributed by atoms with E-state index in [0.29, 0.717) is 0 Å². The first kappa shape index (κ1) is 9.74. The van der Waals surface area contributed by atoms with Gasteiger partial charge in [0.15, 0.2) is 6.29 Å². The summed E-state index contributed by atoms with van der Waals surface area (Å²) in [6.45, 7) is 2.07. The van der Waals surface area contributed by atoms with Gasteiger partial charge in [-0.05, 0) is 29.5 Å². The highest BCUT2D eigenvalue weighted by Crippen LogP contribution is 2.32. The summed E-state index contributed by atoms with van der Waals surface area (Å²) in [4.78, 5) is 12.6. The molecule has 0 bridgehead atoms. The van der Waals surface area contributed by atoms with Crippen LogP contribution in [0.1, 0.15) is 22.2 Å². The number of rotatable bonds is 2. The first-order chi connectivity index (χ1) is 6.76. The van der Waals surface area contributed by atoms with Gasteiger partial charge in [0.05, 0.1) is 4.88 Å². The van der Waals surface area contributed by atoms with Gasteiger partial charge in [0.25, 0.3) is 0 Å². The van der Waals surface area contributed by atoms with E-state index in [4.69, 9.17) is 0 Å². The van der Waals surface area contributed by atoms with Crippen LogP contribution in [0.2, 0.25) is 0 Å². The lowest BCUT2D eigenvalue weighted by Gasteiger charge is -1.95. The molecule has 0 N–H and O–H groups in total. The fourth-order valence-electron chi connectivity index (χ4n) is 1.62. The highest BCUT2D eigenvalue weighted by atomic mass is 32.1. The van der Waals surface area contributed by atoms with Gasteiger partial charge >= 0.3 is 0 Å². The van der Waals surface area contributed by atoms with Crippen molar-refractivity contribution in [2.45, 2.75) is 18.2 Å². The molecule has 0 amide bonds. The molecular formula is C11H10OS2. The number of thiophene rings is 1. The molecule has 0 unspecified atom stereocenters. The van der Waals surface area contributed by atoms with Gasteiger partial charge < -0.3 is 0 Å². The van der Waals surface area contributed by atoms with Crippen LogP contribution in [0.5, 0.6) is 0 Å². The normalized spacial score (nSPS) is 10.7. The van der Waals surface area contributed by atoms with E-state index in [2.05, 4.69) is 19.6 Å². The van der Waals surface area contributed by atoms with E-state index < -0.39 is 0 Å². The summed E-state index contributed by atoms with van der Waals surface area (Å²) in [5, 5.41) is 1.19.